The summed E-state index contributed by atoms with van der Waals surface area (Å²) in [7, 11) is -3.86. The minimum atomic E-state index is -3.86. The van der Waals surface area contributed by atoms with Crippen LogP contribution in [-0.2, 0) is 10.0 Å². The first-order chi connectivity index (χ1) is 16.1. The molecule has 4 rings (SSSR count). The molecule has 0 spiro atoms. The number of aryl methyl sites for hydroxylation is 3. The van der Waals surface area contributed by atoms with Crippen LogP contribution in [0.5, 0.6) is 0 Å². The van der Waals surface area contributed by atoms with E-state index in [1.54, 1.807) is 30.0 Å². The molecule has 1 fully saturated rings. The highest BCUT2D eigenvalue weighted by Crippen LogP contribution is 2.25. The molecule has 1 heterocycles. The summed E-state index contributed by atoms with van der Waals surface area (Å²) in [6.07, 6.45) is 0. The minimum Gasteiger partial charge on any atom is -0.368 e. The Morgan fingerprint density at radius 3 is 2.29 bits per heavy atom. The van der Waals surface area contributed by atoms with Gasteiger partial charge in [0.05, 0.1) is 10.6 Å². The molecule has 0 bridgehead atoms. The fourth-order valence-corrected chi connectivity index (χ4v) is 5.67. The largest absolute Gasteiger partial charge is 0.368 e. The van der Waals surface area contributed by atoms with Gasteiger partial charge >= 0.3 is 0 Å². The molecule has 1 saturated heterocycles. The lowest BCUT2D eigenvalue weighted by Gasteiger charge is -2.36. The predicted molar refractivity (Wildman–Crippen MR) is 137 cm³/mol. The Bertz CT molecular complexity index is 1330. The molecule has 0 saturated carbocycles. The van der Waals surface area contributed by atoms with Gasteiger partial charge in [0, 0.05) is 42.5 Å². The fraction of sp³-hybridized carbons (Fsp3) is 0.269. The summed E-state index contributed by atoms with van der Waals surface area (Å²) in [5.74, 6) is -0.172. The van der Waals surface area contributed by atoms with Gasteiger partial charge in [-0.3, -0.25) is 9.52 Å². The van der Waals surface area contributed by atoms with Crippen LogP contribution in [0.2, 0.25) is 5.02 Å². The van der Waals surface area contributed by atoms with E-state index in [-0.39, 0.29) is 10.8 Å². The van der Waals surface area contributed by atoms with Crippen molar-refractivity contribution < 1.29 is 13.2 Å². The molecule has 3 aromatic carbocycles. The van der Waals surface area contributed by atoms with Gasteiger partial charge in [-0.05, 0) is 73.9 Å². The number of hydrogen-bond donors (Lipinski definition) is 1. The van der Waals surface area contributed by atoms with Crippen molar-refractivity contribution in [1.29, 1.82) is 0 Å². The van der Waals surface area contributed by atoms with Gasteiger partial charge in [-0.1, -0.05) is 35.9 Å². The maximum absolute atomic E-state index is 13.2. The maximum atomic E-state index is 13.2. The molecule has 8 heteroatoms. The van der Waals surface area contributed by atoms with E-state index in [1.807, 2.05) is 50.2 Å². The van der Waals surface area contributed by atoms with E-state index in [1.165, 1.54) is 6.07 Å². The van der Waals surface area contributed by atoms with Crippen molar-refractivity contribution in [2.45, 2.75) is 25.7 Å². The van der Waals surface area contributed by atoms with E-state index in [9.17, 15) is 13.2 Å². The molecule has 6 nitrogen and oxygen atoms in total. The van der Waals surface area contributed by atoms with Gasteiger partial charge in [-0.15, -0.1) is 0 Å². The lowest BCUT2D eigenvalue weighted by molar-refractivity contribution is 0.0746. The second kappa shape index (κ2) is 9.68. The van der Waals surface area contributed by atoms with E-state index < -0.39 is 10.0 Å². The van der Waals surface area contributed by atoms with Crippen LogP contribution in [0.1, 0.15) is 27.0 Å². The van der Waals surface area contributed by atoms with Crippen LogP contribution in [-0.4, -0.2) is 45.4 Å². The Kier molecular flexibility index (Phi) is 6.86. The topological polar surface area (TPSA) is 69.7 Å². The number of hydrogen-bond acceptors (Lipinski definition) is 4. The Hall–Kier alpha value is -3.03. The number of carbonyl (C=O) groups excluding carboxylic acids is 1. The molecule has 3 aromatic rings. The highest BCUT2D eigenvalue weighted by molar-refractivity contribution is 7.92. The van der Waals surface area contributed by atoms with Crippen LogP contribution in [0.25, 0.3) is 0 Å². The van der Waals surface area contributed by atoms with Crippen molar-refractivity contribution in [1.82, 2.24) is 4.90 Å². The molecular weight excluding hydrogens is 470 g/mol. The zero-order valence-electron chi connectivity index (χ0n) is 19.5. The number of anilines is 2. The third kappa shape index (κ3) is 5.21. The number of piperazine rings is 1. The van der Waals surface area contributed by atoms with E-state index >= 15 is 0 Å². The predicted octanol–water partition coefficient (Wildman–Crippen LogP) is 5.03. The van der Waals surface area contributed by atoms with Gasteiger partial charge in [0.2, 0.25) is 0 Å². The van der Waals surface area contributed by atoms with Crippen molar-refractivity contribution in [3.8, 4) is 0 Å². The number of nitrogens with one attached hydrogen (secondary N) is 1. The lowest BCUT2D eigenvalue weighted by atomic mass is 10.1. The van der Waals surface area contributed by atoms with Crippen LogP contribution in [0, 0.1) is 20.8 Å². The molecular formula is C26H28ClN3O3S. The van der Waals surface area contributed by atoms with Crippen molar-refractivity contribution >= 4 is 38.9 Å². The molecule has 1 amide bonds. The molecule has 0 aromatic heterocycles. The molecule has 0 aliphatic carbocycles. The van der Waals surface area contributed by atoms with Crippen molar-refractivity contribution in [2.75, 3.05) is 35.8 Å². The Morgan fingerprint density at radius 2 is 1.59 bits per heavy atom. The van der Waals surface area contributed by atoms with E-state index in [4.69, 9.17) is 11.6 Å². The minimum absolute atomic E-state index is 0.108. The first kappa shape index (κ1) is 24.1. The van der Waals surface area contributed by atoms with Gasteiger partial charge in [-0.25, -0.2) is 8.42 Å². The number of benzene rings is 3. The highest BCUT2D eigenvalue weighted by Gasteiger charge is 2.25. The van der Waals surface area contributed by atoms with Crippen LogP contribution in [0.4, 0.5) is 11.4 Å². The van der Waals surface area contributed by atoms with Crippen molar-refractivity contribution in [3.63, 3.8) is 0 Å². The summed E-state index contributed by atoms with van der Waals surface area (Å²) in [6, 6.07) is 18.1. The molecule has 0 atom stereocenters. The van der Waals surface area contributed by atoms with Gasteiger partial charge in [-0.2, -0.15) is 0 Å². The second-order valence-electron chi connectivity index (χ2n) is 8.66. The average molecular weight is 498 g/mol. The molecule has 0 radical (unpaired) electrons. The zero-order chi connectivity index (χ0) is 24.5. The maximum Gasteiger partial charge on any atom is 0.262 e. The summed E-state index contributed by atoms with van der Waals surface area (Å²) in [5.41, 5.74) is 4.30. The van der Waals surface area contributed by atoms with Crippen LogP contribution >= 0.6 is 11.6 Å². The summed E-state index contributed by atoms with van der Waals surface area (Å²) in [4.78, 5) is 17.3. The Labute approximate surface area is 206 Å². The summed E-state index contributed by atoms with van der Waals surface area (Å²) in [5, 5.41) is 0.680. The first-order valence-corrected chi connectivity index (χ1v) is 13.0. The van der Waals surface area contributed by atoms with Gasteiger partial charge in [0.25, 0.3) is 15.9 Å². The number of sulfonamides is 1. The van der Waals surface area contributed by atoms with Crippen molar-refractivity contribution in [3.05, 3.63) is 87.9 Å². The molecule has 1 N–H and O–H groups in total. The zero-order valence-corrected chi connectivity index (χ0v) is 21.1. The number of amides is 1. The van der Waals surface area contributed by atoms with E-state index in [0.717, 1.165) is 16.8 Å². The second-order valence-corrected chi connectivity index (χ2v) is 10.8. The summed E-state index contributed by atoms with van der Waals surface area (Å²) >= 11 is 6.11. The third-order valence-electron chi connectivity index (χ3n) is 6.10. The molecule has 0 unspecified atom stereocenters. The molecule has 178 valence electrons. The molecule has 34 heavy (non-hydrogen) atoms. The van der Waals surface area contributed by atoms with Gasteiger partial charge < -0.3 is 9.80 Å². The highest BCUT2D eigenvalue weighted by atomic mass is 35.5. The summed E-state index contributed by atoms with van der Waals surface area (Å²) < 4.78 is 29.1. The monoisotopic (exact) mass is 497 g/mol. The van der Waals surface area contributed by atoms with Crippen LogP contribution < -0.4 is 9.62 Å². The van der Waals surface area contributed by atoms with Crippen LogP contribution in [0.3, 0.4) is 0 Å². The Morgan fingerprint density at radius 1 is 0.882 bits per heavy atom. The number of halogens is 1. The number of carbonyl (C=O) groups is 1. The number of rotatable bonds is 5. The first-order valence-electron chi connectivity index (χ1n) is 11.1. The number of nitrogens with zero attached hydrogens (tertiary/aromatic N) is 2. The lowest BCUT2D eigenvalue weighted by Crippen LogP contribution is -2.48. The van der Waals surface area contributed by atoms with Gasteiger partial charge in [0.15, 0.2) is 0 Å². The average Bonchev–Trinajstić information content (AvgIpc) is 2.81. The summed E-state index contributed by atoms with van der Waals surface area (Å²) in [6.45, 7) is 7.94. The Balaban J connectivity index is 1.51. The van der Waals surface area contributed by atoms with E-state index in [0.29, 0.717) is 48.0 Å². The standard InChI is InChI=1S/C26H28ClN3O3S/c1-18-7-8-19(2)24(15-18)28-34(32,33)25-16-21(10-9-20(25)3)26(31)30-13-11-29(12-14-30)23-6-4-5-22(27)17-23/h4-10,15-17,28H,11-14H2,1-3H3. The van der Waals surface area contributed by atoms with Gasteiger partial charge in [0.1, 0.15) is 0 Å². The SMILES string of the molecule is Cc1ccc(C)c(NS(=O)(=O)c2cc(C(=O)N3CCN(c4cccc(Cl)c4)CC3)ccc2C)c1. The van der Waals surface area contributed by atoms with Crippen molar-refractivity contribution in [2.24, 2.45) is 0 Å². The molecule has 1 aliphatic rings. The van der Waals surface area contributed by atoms with Crippen LogP contribution in [0.15, 0.2) is 65.6 Å². The normalized spacial score (nSPS) is 14.2. The smallest absolute Gasteiger partial charge is 0.262 e. The van der Waals surface area contributed by atoms with E-state index in [2.05, 4.69) is 9.62 Å². The quantitative estimate of drug-likeness (QED) is 0.537. The molecule has 1 aliphatic heterocycles. The third-order valence-corrected chi connectivity index (χ3v) is 7.84. The fourth-order valence-electron chi connectivity index (χ4n) is 4.09.